The number of fused-ring (bicyclic) bond motifs is 2. The molecule has 4 nitrogen and oxygen atoms in total. The number of nitrogens with zero attached hydrogens (tertiary/aromatic N) is 1. The largest absolute Gasteiger partial charge is 0.350 e. The van der Waals surface area contributed by atoms with Crippen LogP contribution >= 0.6 is 0 Å². The maximum atomic E-state index is 12.8. The van der Waals surface area contributed by atoms with E-state index in [1.54, 1.807) is 0 Å². The number of aryl methyl sites for hydroxylation is 1. The first-order chi connectivity index (χ1) is 10.7. The lowest BCUT2D eigenvalue weighted by molar-refractivity contribution is 0.0951. The third kappa shape index (κ3) is 2.37. The highest BCUT2D eigenvalue weighted by atomic mass is 16.1. The normalized spacial score (nSPS) is 18.2. The Bertz CT molecular complexity index is 736. The third-order valence-electron chi connectivity index (χ3n) is 4.87. The van der Waals surface area contributed by atoms with Crippen molar-refractivity contribution in [3.05, 3.63) is 41.1 Å². The first kappa shape index (κ1) is 13.7. The van der Waals surface area contributed by atoms with E-state index < -0.39 is 0 Å². The van der Waals surface area contributed by atoms with E-state index in [2.05, 4.69) is 5.32 Å². The molecule has 1 fully saturated rings. The van der Waals surface area contributed by atoms with Crippen LogP contribution in [0.4, 0.5) is 0 Å². The number of hydrogen-bond donors (Lipinski definition) is 2. The Kier molecular flexibility index (Phi) is 3.34. The van der Waals surface area contributed by atoms with Gasteiger partial charge in [-0.1, -0.05) is 18.2 Å². The molecule has 3 N–H and O–H groups in total. The summed E-state index contributed by atoms with van der Waals surface area (Å²) in [6, 6.07) is 8.02. The van der Waals surface area contributed by atoms with Gasteiger partial charge in [-0.15, -0.1) is 0 Å². The van der Waals surface area contributed by atoms with Crippen LogP contribution in [0.1, 0.15) is 40.9 Å². The molecule has 2 aliphatic rings. The number of aromatic nitrogens is 1. The summed E-state index contributed by atoms with van der Waals surface area (Å²) in [5.41, 5.74) is 10.1. The van der Waals surface area contributed by atoms with Gasteiger partial charge in [0.15, 0.2) is 0 Å². The van der Waals surface area contributed by atoms with Crippen LogP contribution in [0.5, 0.6) is 0 Å². The molecule has 1 unspecified atom stereocenters. The lowest BCUT2D eigenvalue weighted by atomic mass is 10.0. The molecule has 114 valence electrons. The molecule has 2 aliphatic carbocycles. The molecule has 0 bridgehead atoms. The van der Waals surface area contributed by atoms with Crippen LogP contribution in [0.3, 0.4) is 0 Å². The third-order valence-corrected chi connectivity index (χ3v) is 4.87. The van der Waals surface area contributed by atoms with Crippen molar-refractivity contribution in [1.29, 1.82) is 0 Å². The van der Waals surface area contributed by atoms with Gasteiger partial charge >= 0.3 is 0 Å². The Morgan fingerprint density at radius 1 is 1.32 bits per heavy atom. The summed E-state index contributed by atoms with van der Waals surface area (Å²) in [5.74, 6) is 0.605. The standard InChI is InChI=1S/C18H21N3O/c19-14(11-8-9-11)10-20-18(22)17-12-4-1-2-6-15(12)21-16-7-3-5-13(16)17/h1-2,4,6,11,14H,3,5,7-10,19H2,(H,20,22). The minimum absolute atomic E-state index is 0.00727. The van der Waals surface area contributed by atoms with Gasteiger partial charge in [-0.25, -0.2) is 0 Å². The van der Waals surface area contributed by atoms with E-state index in [9.17, 15) is 4.79 Å². The Morgan fingerprint density at radius 3 is 2.95 bits per heavy atom. The van der Waals surface area contributed by atoms with Crippen LogP contribution < -0.4 is 11.1 Å². The molecule has 1 aromatic carbocycles. The van der Waals surface area contributed by atoms with Crippen LogP contribution in [0.25, 0.3) is 10.9 Å². The Balaban J connectivity index is 1.68. The predicted molar refractivity (Wildman–Crippen MR) is 86.8 cm³/mol. The minimum atomic E-state index is 0.00727. The molecule has 1 saturated carbocycles. The lowest BCUT2D eigenvalue weighted by Crippen LogP contribution is -2.39. The molecular formula is C18H21N3O. The number of carbonyl (C=O) groups excluding carboxylic acids is 1. The number of para-hydroxylation sites is 1. The second-order valence-corrected chi connectivity index (χ2v) is 6.49. The zero-order valence-corrected chi connectivity index (χ0v) is 12.6. The SMILES string of the molecule is NC(CNC(=O)c1c2c(nc3ccccc13)CCC2)C1CC1. The second-order valence-electron chi connectivity index (χ2n) is 6.49. The van der Waals surface area contributed by atoms with Crippen molar-refractivity contribution in [2.75, 3.05) is 6.54 Å². The first-order valence-corrected chi connectivity index (χ1v) is 8.18. The van der Waals surface area contributed by atoms with E-state index >= 15 is 0 Å². The summed E-state index contributed by atoms with van der Waals surface area (Å²) in [6.07, 6.45) is 5.41. The van der Waals surface area contributed by atoms with E-state index in [1.807, 2.05) is 24.3 Å². The van der Waals surface area contributed by atoms with Crippen LogP contribution in [-0.2, 0) is 12.8 Å². The van der Waals surface area contributed by atoms with Crippen molar-refractivity contribution in [2.45, 2.75) is 38.1 Å². The highest BCUT2D eigenvalue weighted by Crippen LogP contribution is 2.32. The van der Waals surface area contributed by atoms with Gasteiger partial charge in [0.1, 0.15) is 0 Å². The summed E-state index contributed by atoms with van der Waals surface area (Å²) in [5, 5.41) is 4.01. The zero-order valence-electron chi connectivity index (χ0n) is 12.6. The molecule has 0 saturated heterocycles. The van der Waals surface area contributed by atoms with E-state index in [4.69, 9.17) is 10.7 Å². The number of carbonyl (C=O) groups is 1. The molecular weight excluding hydrogens is 274 g/mol. The van der Waals surface area contributed by atoms with E-state index in [0.717, 1.165) is 47.0 Å². The number of amides is 1. The van der Waals surface area contributed by atoms with Crippen LogP contribution in [0, 0.1) is 5.92 Å². The average molecular weight is 295 g/mol. The van der Waals surface area contributed by atoms with Crippen molar-refractivity contribution in [3.8, 4) is 0 Å². The quantitative estimate of drug-likeness (QED) is 0.908. The van der Waals surface area contributed by atoms with E-state index in [-0.39, 0.29) is 11.9 Å². The average Bonchev–Trinajstić information content (AvgIpc) is 3.29. The molecule has 0 aliphatic heterocycles. The van der Waals surface area contributed by atoms with Crippen molar-refractivity contribution < 1.29 is 4.79 Å². The maximum absolute atomic E-state index is 12.8. The number of pyridine rings is 1. The molecule has 1 aromatic heterocycles. The Labute approximate surface area is 130 Å². The summed E-state index contributed by atoms with van der Waals surface area (Å²) in [7, 11) is 0. The highest BCUT2D eigenvalue weighted by molar-refractivity contribution is 6.07. The van der Waals surface area contributed by atoms with Crippen LogP contribution in [0.2, 0.25) is 0 Å². The van der Waals surface area contributed by atoms with E-state index in [0.29, 0.717) is 12.5 Å². The van der Waals surface area contributed by atoms with Gasteiger partial charge in [0.05, 0.1) is 11.1 Å². The van der Waals surface area contributed by atoms with E-state index in [1.165, 1.54) is 12.8 Å². The molecule has 22 heavy (non-hydrogen) atoms. The van der Waals surface area contributed by atoms with Crippen molar-refractivity contribution in [3.63, 3.8) is 0 Å². The van der Waals surface area contributed by atoms with Crippen molar-refractivity contribution in [2.24, 2.45) is 11.7 Å². The molecule has 2 aromatic rings. The van der Waals surface area contributed by atoms with Gasteiger partial charge in [-0.3, -0.25) is 9.78 Å². The first-order valence-electron chi connectivity index (χ1n) is 8.18. The number of rotatable bonds is 4. The topological polar surface area (TPSA) is 68.0 Å². The molecule has 4 rings (SSSR count). The predicted octanol–water partition coefficient (Wildman–Crippen LogP) is 2.19. The van der Waals surface area contributed by atoms with Crippen molar-refractivity contribution in [1.82, 2.24) is 10.3 Å². The van der Waals surface area contributed by atoms with Crippen molar-refractivity contribution >= 4 is 16.8 Å². The number of nitrogens with two attached hydrogens (primary N) is 1. The fourth-order valence-corrected chi connectivity index (χ4v) is 3.46. The molecule has 1 heterocycles. The van der Waals surface area contributed by atoms with Gasteiger partial charge in [-0.2, -0.15) is 0 Å². The maximum Gasteiger partial charge on any atom is 0.252 e. The number of benzene rings is 1. The monoisotopic (exact) mass is 295 g/mol. The molecule has 0 spiro atoms. The lowest BCUT2D eigenvalue weighted by Gasteiger charge is -2.15. The summed E-state index contributed by atoms with van der Waals surface area (Å²) >= 11 is 0. The molecule has 1 atom stereocenters. The van der Waals surface area contributed by atoms with Crippen LogP contribution in [0.15, 0.2) is 24.3 Å². The fraction of sp³-hybridized carbons (Fsp3) is 0.444. The summed E-state index contributed by atoms with van der Waals surface area (Å²) in [6.45, 7) is 0.564. The smallest absolute Gasteiger partial charge is 0.252 e. The zero-order chi connectivity index (χ0) is 15.1. The van der Waals surface area contributed by atoms with Gasteiger partial charge in [-0.05, 0) is 49.7 Å². The Hall–Kier alpha value is -1.94. The summed E-state index contributed by atoms with van der Waals surface area (Å²) in [4.78, 5) is 17.5. The second kappa shape index (κ2) is 5.36. The summed E-state index contributed by atoms with van der Waals surface area (Å²) < 4.78 is 0. The fourth-order valence-electron chi connectivity index (χ4n) is 3.46. The number of hydrogen-bond acceptors (Lipinski definition) is 3. The van der Waals surface area contributed by atoms with Crippen LogP contribution in [-0.4, -0.2) is 23.5 Å². The molecule has 0 radical (unpaired) electrons. The molecule has 1 amide bonds. The highest BCUT2D eigenvalue weighted by Gasteiger charge is 2.29. The van der Waals surface area contributed by atoms with Gasteiger partial charge < -0.3 is 11.1 Å². The minimum Gasteiger partial charge on any atom is -0.350 e. The van der Waals surface area contributed by atoms with Gasteiger partial charge in [0.2, 0.25) is 0 Å². The molecule has 4 heteroatoms. The number of nitrogens with one attached hydrogen (secondary N) is 1. The van der Waals surface area contributed by atoms with Gasteiger partial charge in [0.25, 0.3) is 5.91 Å². The van der Waals surface area contributed by atoms with Gasteiger partial charge in [0, 0.05) is 23.7 Å². The Morgan fingerprint density at radius 2 is 2.14 bits per heavy atom.